The van der Waals surface area contributed by atoms with E-state index in [1.54, 1.807) is 19.1 Å². The molecule has 18 heavy (non-hydrogen) atoms. The molecule has 0 saturated carbocycles. The molecule has 102 valence electrons. The van der Waals surface area contributed by atoms with Gasteiger partial charge in [0.05, 0.1) is 19.3 Å². The van der Waals surface area contributed by atoms with Gasteiger partial charge in [0.25, 0.3) is 0 Å². The maximum Gasteiger partial charge on any atom is 0.373 e. The summed E-state index contributed by atoms with van der Waals surface area (Å²) in [5.74, 6) is 0.309. The van der Waals surface area contributed by atoms with E-state index in [1.807, 2.05) is 20.8 Å². The molecule has 0 saturated heterocycles. The van der Waals surface area contributed by atoms with Crippen molar-refractivity contribution in [3.05, 3.63) is 23.7 Å². The summed E-state index contributed by atoms with van der Waals surface area (Å²) < 4.78 is 9.98. The lowest BCUT2D eigenvalue weighted by molar-refractivity contribution is 0.0559. The highest BCUT2D eigenvalue weighted by molar-refractivity contribution is 5.86. The predicted molar refractivity (Wildman–Crippen MR) is 67.4 cm³/mol. The summed E-state index contributed by atoms with van der Waals surface area (Å²) >= 11 is 0. The van der Waals surface area contributed by atoms with Gasteiger partial charge in [-0.2, -0.15) is 0 Å². The van der Waals surface area contributed by atoms with Crippen LogP contribution < -0.4 is 5.32 Å². The van der Waals surface area contributed by atoms with Gasteiger partial charge in [0, 0.05) is 5.54 Å². The lowest BCUT2D eigenvalue weighted by Gasteiger charge is -2.32. The second-order valence-corrected chi connectivity index (χ2v) is 4.96. The molecule has 0 aliphatic heterocycles. The van der Waals surface area contributed by atoms with Crippen LogP contribution in [0.1, 0.15) is 50.1 Å². The zero-order valence-electron chi connectivity index (χ0n) is 11.5. The summed E-state index contributed by atoms with van der Waals surface area (Å²) in [7, 11) is 1.31. The van der Waals surface area contributed by atoms with E-state index in [0.29, 0.717) is 5.76 Å². The molecule has 1 aromatic heterocycles. The Bertz CT molecular complexity index is 409. The van der Waals surface area contributed by atoms with Crippen LogP contribution in [-0.2, 0) is 4.74 Å². The molecular formula is C13H21NO4. The Balaban J connectivity index is 2.76. The lowest BCUT2D eigenvalue weighted by Crippen LogP contribution is -2.49. The van der Waals surface area contributed by atoms with Gasteiger partial charge >= 0.3 is 5.97 Å². The summed E-state index contributed by atoms with van der Waals surface area (Å²) in [5.41, 5.74) is -0.447. The zero-order valence-corrected chi connectivity index (χ0v) is 11.5. The predicted octanol–water partition coefficient (Wildman–Crippen LogP) is 1.88. The Morgan fingerprint density at radius 1 is 1.44 bits per heavy atom. The van der Waals surface area contributed by atoms with Crippen molar-refractivity contribution in [3.8, 4) is 0 Å². The van der Waals surface area contributed by atoms with Crippen LogP contribution in [0.15, 0.2) is 16.5 Å². The summed E-state index contributed by atoms with van der Waals surface area (Å²) in [6, 6.07) is 3.18. The number of aliphatic hydroxyl groups is 1. The number of furan rings is 1. The van der Waals surface area contributed by atoms with E-state index in [1.165, 1.54) is 7.11 Å². The molecule has 0 radical (unpaired) electrons. The van der Waals surface area contributed by atoms with Crippen LogP contribution in [0.2, 0.25) is 0 Å². The Morgan fingerprint density at radius 3 is 2.56 bits per heavy atom. The molecular weight excluding hydrogens is 234 g/mol. The Labute approximate surface area is 107 Å². The zero-order chi connectivity index (χ0) is 13.9. The summed E-state index contributed by atoms with van der Waals surface area (Å²) in [4.78, 5) is 11.3. The molecule has 0 spiro atoms. The minimum Gasteiger partial charge on any atom is -0.463 e. The molecule has 0 bridgehead atoms. The smallest absolute Gasteiger partial charge is 0.373 e. The Kier molecular flexibility index (Phi) is 4.53. The number of carbonyl (C=O) groups excluding carboxylic acids is 1. The molecule has 2 atom stereocenters. The normalized spacial score (nSPS) is 15.2. The minimum atomic E-state index is -0.505. The molecule has 0 fully saturated rings. The first-order chi connectivity index (χ1) is 8.27. The van der Waals surface area contributed by atoms with Gasteiger partial charge in [0.1, 0.15) is 5.76 Å². The number of hydrogen-bond donors (Lipinski definition) is 2. The summed E-state index contributed by atoms with van der Waals surface area (Å²) in [6.45, 7) is 7.43. The van der Waals surface area contributed by atoms with Crippen LogP contribution in [0.5, 0.6) is 0 Å². The van der Waals surface area contributed by atoms with Crippen LogP contribution in [0.4, 0.5) is 0 Å². The fourth-order valence-corrected chi connectivity index (χ4v) is 1.55. The van der Waals surface area contributed by atoms with Crippen molar-refractivity contribution in [1.82, 2.24) is 5.32 Å². The van der Waals surface area contributed by atoms with Crippen molar-refractivity contribution < 1.29 is 19.1 Å². The average Bonchev–Trinajstić information content (AvgIpc) is 2.76. The van der Waals surface area contributed by atoms with Gasteiger partial charge in [-0.25, -0.2) is 4.79 Å². The third kappa shape index (κ3) is 3.34. The van der Waals surface area contributed by atoms with E-state index in [9.17, 15) is 9.90 Å². The van der Waals surface area contributed by atoms with E-state index in [2.05, 4.69) is 10.1 Å². The number of esters is 1. The summed E-state index contributed by atoms with van der Waals surface area (Å²) in [6.07, 6.45) is -0.505. The standard InChI is InChI=1S/C13H21NO4/c1-8(14-13(3,4)9(2)15)10-6-7-11(18-10)12(16)17-5/h6-9,14-15H,1-5H3. The van der Waals surface area contributed by atoms with Gasteiger partial charge in [0.2, 0.25) is 5.76 Å². The van der Waals surface area contributed by atoms with Gasteiger partial charge < -0.3 is 19.6 Å². The van der Waals surface area contributed by atoms with Crippen molar-refractivity contribution in [2.45, 2.75) is 45.4 Å². The fraction of sp³-hybridized carbons (Fsp3) is 0.615. The number of carbonyl (C=O) groups is 1. The van der Waals surface area contributed by atoms with Crippen molar-refractivity contribution in [2.75, 3.05) is 7.11 Å². The summed E-state index contributed by atoms with van der Waals surface area (Å²) in [5, 5.41) is 12.9. The highest BCUT2D eigenvalue weighted by Gasteiger charge is 2.27. The van der Waals surface area contributed by atoms with Gasteiger partial charge in [-0.15, -0.1) is 0 Å². The Hall–Kier alpha value is -1.33. The third-order valence-electron chi connectivity index (χ3n) is 3.07. The molecule has 1 rings (SSSR count). The highest BCUT2D eigenvalue weighted by atomic mass is 16.5. The molecule has 0 aromatic carbocycles. The molecule has 2 unspecified atom stereocenters. The first-order valence-electron chi connectivity index (χ1n) is 5.91. The van der Waals surface area contributed by atoms with E-state index in [4.69, 9.17) is 4.42 Å². The molecule has 0 amide bonds. The van der Waals surface area contributed by atoms with Crippen LogP contribution in [0, 0.1) is 0 Å². The van der Waals surface area contributed by atoms with Crippen molar-refractivity contribution in [2.24, 2.45) is 0 Å². The van der Waals surface area contributed by atoms with E-state index < -0.39 is 17.6 Å². The number of aliphatic hydroxyl groups excluding tert-OH is 1. The largest absolute Gasteiger partial charge is 0.463 e. The first-order valence-corrected chi connectivity index (χ1v) is 5.91. The minimum absolute atomic E-state index is 0.118. The number of hydrogen-bond acceptors (Lipinski definition) is 5. The van der Waals surface area contributed by atoms with E-state index in [-0.39, 0.29) is 11.8 Å². The molecule has 0 aliphatic carbocycles. The maximum absolute atomic E-state index is 11.3. The third-order valence-corrected chi connectivity index (χ3v) is 3.07. The number of nitrogens with one attached hydrogen (secondary N) is 1. The van der Waals surface area contributed by atoms with Gasteiger partial charge in [-0.05, 0) is 39.8 Å². The topological polar surface area (TPSA) is 71.7 Å². The molecule has 1 aromatic rings. The van der Waals surface area contributed by atoms with E-state index in [0.717, 1.165) is 0 Å². The SMILES string of the molecule is COC(=O)c1ccc(C(C)NC(C)(C)C(C)O)o1. The second kappa shape index (κ2) is 5.54. The molecule has 2 N–H and O–H groups in total. The van der Waals surface area contributed by atoms with Gasteiger partial charge in [0.15, 0.2) is 0 Å². The van der Waals surface area contributed by atoms with Crippen molar-refractivity contribution in [1.29, 1.82) is 0 Å². The van der Waals surface area contributed by atoms with Crippen LogP contribution >= 0.6 is 0 Å². The van der Waals surface area contributed by atoms with E-state index >= 15 is 0 Å². The van der Waals surface area contributed by atoms with Gasteiger partial charge in [-0.1, -0.05) is 0 Å². The van der Waals surface area contributed by atoms with Crippen molar-refractivity contribution >= 4 is 5.97 Å². The Morgan fingerprint density at radius 2 is 2.06 bits per heavy atom. The first kappa shape index (κ1) is 14.7. The number of rotatable bonds is 5. The van der Waals surface area contributed by atoms with Crippen LogP contribution in [-0.4, -0.2) is 29.8 Å². The quantitative estimate of drug-likeness (QED) is 0.786. The van der Waals surface area contributed by atoms with Gasteiger partial charge in [-0.3, -0.25) is 0 Å². The van der Waals surface area contributed by atoms with Crippen LogP contribution in [0.3, 0.4) is 0 Å². The molecule has 5 nitrogen and oxygen atoms in total. The number of methoxy groups -OCH3 is 1. The molecule has 0 aliphatic rings. The highest BCUT2D eigenvalue weighted by Crippen LogP contribution is 2.21. The lowest BCUT2D eigenvalue weighted by atomic mass is 9.97. The molecule has 1 heterocycles. The fourth-order valence-electron chi connectivity index (χ4n) is 1.55. The average molecular weight is 255 g/mol. The van der Waals surface area contributed by atoms with Crippen LogP contribution in [0.25, 0.3) is 0 Å². The second-order valence-electron chi connectivity index (χ2n) is 4.96. The monoisotopic (exact) mass is 255 g/mol. The number of ether oxygens (including phenoxy) is 1. The molecule has 5 heteroatoms. The van der Waals surface area contributed by atoms with Crippen molar-refractivity contribution in [3.63, 3.8) is 0 Å². The maximum atomic E-state index is 11.3.